The second-order valence-corrected chi connectivity index (χ2v) is 4.55. The number of hydrogen-bond acceptors (Lipinski definition) is 2. The van der Waals surface area contributed by atoms with E-state index in [0.29, 0.717) is 12.5 Å². The lowest BCUT2D eigenvalue weighted by Gasteiger charge is -2.19. The Morgan fingerprint density at radius 2 is 2.12 bits per heavy atom. The Balaban J connectivity index is 2.01. The summed E-state index contributed by atoms with van der Waals surface area (Å²) in [6.45, 7) is 0. The molecule has 1 fully saturated rings. The SMILES string of the molecule is CN(C(=O)C(C#N)Cc1ccccc1)C1CC1. The maximum Gasteiger partial charge on any atom is 0.240 e. The van der Waals surface area contributed by atoms with Gasteiger partial charge in [-0.2, -0.15) is 5.26 Å². The normalized spacial score (nSPS) is 16.0. The molecule has 0 N–H and O–H groups in total. The van der Waals surface area contributed by atoms with Gasteiger partial charge in [0.1, 0.15) is 5.92 Å². The summed E-state index contributed by atoms with van der Waals surface area (Å²) in [4.78, 5) is 13.8. The first kappa shape index (κ1) is 11.7. The zero-order valence-corrected chi connectivity index (χ0v) is 9.97. The van der Waals surface area contributed by atoms with Crippen molar-refractivity contribution in [2.45, 2.75) is 25.3 Å². The standard InChI is InChI=1S/C14H16N2O/c1-16(13-7-8-13)14(17)12(10-15)9-11-5-3-2-4-6-11/h2-6,12-13H,7-9H2,1H3. The Morgan fingerprint density at radius 1 is 1.47 bits per heavy atom. The van der Waals surface area contributed by atoms with Gasteiger partial charge in [-0.15, -0.1) is 0 Å². The van der Waals surface area contributed by atoms with Crippen molar-refractivity contribution in [3.05, 3.63) is 35.9 Å². The third kappa shape index (κ3) is 2.85. The predicted octanol–water partition coefficient (Wildman–Crippen LogP) is 1.99. The highest BCUT2D eigenvalue weighted by Crippen LogP contribution is 2.27. The van der Waals surface area contributed by atoms with Crippen LogP contribution in [0.3, 0.4) is 0 Å². The number of benzene rings is 1. The molecule has 1 aromatic rings. The Morgan fingerprint density at radius 3 is 2.65 bits per heavy atom. The molecule has 0 bridgehead atoms. The summed E-state index contributed by atoms with van der Waals surface area (Å²) in [7, 11) is 1.80. The molecule has 0 aromatic heterocycles. The summed E-state index contributed by atoms with van der Waals surface area (Å²) in [5.74, 6) is -0.596. The Bertz CT molecular complexity index is 431. The molecule has 0 heterocycles. The van der Waals surface area contributed by atoms with Crippen LogP contribution in [0.5, 0.6) is 0 Å². The van der Waals surface area contributed by atoms with Crippen molar-refractivity contribution < 1.29 is 4.79 Å². The largest absolute Gasteiger partial charge is 0.342 e. The molecule has 1 amide bonds. The molecule has 88 valence electrons. The van der Waals surface area contributed by atoms with E-state index in [9.17, 15) is 4.79 Å². The average molecular weight is 228 g/mol. The van der Waals surface area contributed by atoms with Crippen LogP contribution in [0.2, 0.25) is 0 Å². The van der Waals surface area contributed by atoms with Crippen LogP contribution in [0.15, 0.2) is 30.3 Å². The number of carbonyl (C=O) groups excluding carboxylic acids is 1. The van der Waals surface area contributed by atoms with Gasteiger partial charge in [-0.05, 0) is 24.8 Å². The van der Waals surface area contributed by atoms with Crippen LogP contribution in [0.4, 0.5) is 0 Å². The molecule has 1 saturated carbocycles. The fourth-order valence-electron chi connectivity index (χ4n) is 1.93. The fraction of sp³-hybridized carbons (Fsp3) is 0.429. The van der Waals surface area contributed by atoms with Crippen LogP contribution >= 0.6 is 0 Å². The minimum Gasteiger partial charge on any atom is -0.342 e. The van der Waals surface area contributed by atoms with E-state index in [2.05, 4.69) is 6.07 Å². The highest BCUT2D eigenvalue weighted by Gasteiger charge is 2.33. The zero-order valence-electron chi connectivity index (χ0n) is 9.97. The number of nitrogens with zero attached hydrogens (tertiary/aromatic N) is 2. The van der Waals surface area contributed by atoms with Gasteiger partial charge in [-0.3, -0.25) is 4.79 Å². The lowest BCUT2D eigenvalue weighted by atomic mass is 9.99. The van der Waals surface area contributed by atoms with E-state index in [1.807, 2.05) is 30.3 Å². The minimum atomic E-state index is -0.553. The maximum absolute atomic E-state index is 12.1. The number of rotatable bonds is 4. The Labute approximate surface area is 102 Å². The van der Waals surface area contributed by atoms with Gasteiger partial charge < -0.3 is 4.90 Å². The van der Waals surface area contributed by atoms with Gasteiger partial charge in [-0.25, -0.2) is 0 Å². The smallest absolute Gasteiger partial charge is 0.240 e. The zero-order chi connectivity index (χ0) is 12.3. The lowest BCUT2D eigenvalue weighted by Crippen LogP contribution is -2.34. The number of nitriles is 1. The molecule has 0 radical (unpaired) electrons. The van der Waals surface area contributed by atoms with E-state index in [0.717, 1.165) is 18.4 Å². The van der Waals surface area contributed by atoms with Crippen molar-refractivity contribution in [2.24, 2.45) is 5.92 Å². The first-order valence-corrected chi connectivity index (χ1v) is 5.92. The molecular formula is C14H16N2O. The lowest BCUT2D eigenvalue weighted by molar-refractivity contribution is -0.132. The van der Waals surface area contributed by atoms with Crippen LogP contribution in [-0.4, -0.2) is 23.9 Å². The van der Waals surface area contributed by atoms with E-state index in [1.165, 1.54) is 0 Å². The molecule has 1 aromatic carbocycles. The second kappa shape index (κ2) is 5.01. The summed E-state index contributed by atoms with van der Waals surface area (Å²) < 4.78 is 0. The van der Waals surface area contributed by atoms with E-state index < -0.39 is 5.92 Å². The van der Waals surface area contributed by atoms with Gasteiger partial charge in [0.25, 0.3) is 0 Å². The van der Waals surface area contributed by atoms with E-state index in [4.69, 9.17) is 5.26 Å². The first-order chi connectivity index (χ1) is 8.22. The highest BCUT2D eigenvalue weighted by atomic mass is 16.2. The van der Waals surface area contributed by atoms with E-state index in [1.54, 1.807) is 11.9 Å². The molecular weight excluding hydrogens is 212 g/mol. The number of carbonyl (C=O) groups is 1. The van der Waals surface area contributed by atoms with Crippen molar-refractivity contribution in [1.82, 2.24) is 4.90 Å². The van der Waals surface area contributed by atoms with Gasteiger partial charge in [0, 0.05) is 13.1 Å². The Kier molecular flexibility index (Phi) is 3.43. The summed E-state index contributed by atoms with van der Waals surface area (Å²) >= 11 is 0. The van der Waals surface area contributed by atoms with Crippen molar-refractivity contribution in [3.63, 3.8) is 0 Å². The molecule has 1 aliphatic rings. The summed E-state index contributed by atoms with van der Waals surface area (Å²) in [6.07, 6.45) is 2.66. The number of hydrogen-bond donors (Lipinski definition) is 0. The minimum absolute atomic E-state index is 0.0427. The van der Waals surface area contributed by atoms with Crippen LogP contribution in [-0.2, 0) is 11.2 Å². The first-order valence-electron chi connectivity index (χ1n) is 5.92. The second-order valence-electron chi connectivity index (χ2n) is 4.55. The summed E-state index contributed by atoms with van der Waals surface area (Å²) in [5.41, 5.74) is 1.04. The van der Waals surface area contributed by atoms with Crippen LogP contribution in [0.1, 0.15) is 18.4 Å². The molecule has 2 rings (SSSR count). The Hall–Kier alpha value is -1.82. The molecule has 1 atom stereocenters. The quantitative estimate of drug-likeness (QED) is 0.791. The third-order valence-corrected chi connectivity index (χ3v) is 3.18. The predicted molar refractivity (Wildman–Crippen MR) is 65.0 cm³/mol. The molecule has 17 heavy (non-hydrogen) atoms. The van der Waals surface area contributed by atoms with Crippen molar-refractivity contribution in [3.8, 4) is 6.07 Å². The van der Waals surface area contributed by atoms with Crippen LogP contribution in [0, 0.1) is 17.2 Å². The topological polar surface area (TPSA) is 44.1 Å². The molecule has 0 spiro atoms. The third-order valence-electron chi connectivity index (χ3n) is 3.18. The van der Waals surface area contributed by atoms with Crippen molar-refractivity contribution in [1.29, 1.82) is 5.26 Å². The van der Waals surface area contributed by atoms with Crippen LogP contribution < -0.4 is 0 Å². The van der Waals surface area contributed by atoms with E-state index in [-0.39, 0.29) is 5.91 Å². The van der Waals surface area contributed by atoms with Gasteiger partial charge in [0.2, 0.25) is 5.91 Å². The van der Waals surface area contributed by atoms with Crippen molar-refractivity contribution in [2.75, 3.05) is 7.05 Å². The van der Waals surface area contributed by atoms with Gasteiger partial charge in [-0.1, -0.05) is 30.3 Å². The van der Waals surface area contributed by atoms with Gasteiger partial charge >= 0.3 is 0 Å². The van der Waals surface area contributed by atoms with Gasteiger partial charge in [0.15, 0.2) is 0 Å². The molecule has 3 nitrogen and oxygen atoms in total. The van der Waals surface area contributed by atoms with Gasteiger partial charge in [0.05, 0.1) is 6.07 Å². The molecule has 0 saturated heterocycles. The maximum atomic E-state index is 12.1. The molecule has 1 aliphatic carbocycles. The average Bonchev–Trinajstić information content (AvgIpc) is 3.19. The molecule has 0 aliphatic heterocycles. The highest BCUT2D eigenvalue weighted by molar-refractivity contribution is 5.81. The van der Waals surface area contributed by atoms with Crippen molar-refractivity contribution >= 4 is 5.91 Å². The number of amides is 1. The summed E-state index contributed by atoms with van der Waals surface area (Å²) in [5, 5.41) is 9.11. The van der Waals surface area contributed by atoms with Crippen LogP contribution in [0.25, 0.3) is 0 Å². The van der Waals surface area contributed by atoms with E-state index >= 15 is 0 Å². The summed E-state index contributed by atoms with van der Waals surface area (Å²) in [6, 6.07) is 12.2. The fourth-order valence-corrected chi connectivity index (χ4v) is 1.93. The molecule has 3 heteroatoms. The monoisotopic (exact) mass is 228 g/mol. The molecule has 1 unspecified atom stereocenters.